The number of H-pyrrole nitrogens is 1. The van der Waals surface area contributed by atoms with E-state index in [1.165, 1.54) is 11.1 Å². The molecule has 176 valence electrons. The molecule has 0 radical (unpaired) electrons. The molecule has 0 unspecified atom stereocenters. The Hall–Kier alpha value is -3.62. The lowest BCUT2D eigenvalue weighted by Crippen LogP contribution is -2.52. The monoisotopic (exact) mass is 504 g/mol. The molecule has 1 aliphatic heterocycles. The quantitative estimate of drug-likeness (QED) is 0.246. The number of aromatic amines is 1. The second kappa shape index (κ2) is 9.56. The number of hydrogen-bond acceptors (Lipinski definition) is 5. The Morgan fingerprint density at radius 1 is 0.914 bits per heavy atom. The third-order valence-corrected chi connectivity index (χ3v) is 6.82. The van der Waals surface area contributed by atoms with E-state index in [4.69, 9.17) is 11.6 Å². The lowest BCUT2D eigenvalue weighted by molar-refractivity contribution is -0.127. The van der Waals surface area contributed by atoms with E-state index < -0.39 is 11.7 Å². The molecule has 0 bridgehead atoms. The molecule has 1 aliphatic rings. The van der Waals surface area contributed by atoms with Gasteiger partial charge in [-0.3, -0.25) is 19.4 Å². The van der Waals surface area contributed by atoms with Gasteiger partial charge in [0.1, 0.15) is 0 Å². The van der Waals surface area contributed by atoms with E-state index in [0.29, 0.717) is 39.5 Å². The summed E-state index contributed by atoms with van der Waals surface area (Å²) in [6, 6.07) is 16.3. The first-order valence-corrected chi connectivity index (χ1v) is 11.9. The topological polar surface area (TPSA) is 86.4 Å². The minimum atomic E-state index is -0.619. The number of hydrogen-bond donors (Lipinski definition) is 2. The molecular formula is C26H21ClN4O3S. The summed E-state index contributed by atoms with van der Waals surface area (Å²) in [5.74, 6) is -1.39. The van der Waals surface area contributed by atoms with Crippen molar-refractivity contribution in [1.29, 1.82) is 0 Å². The van der Waals surface area contributed by atoms with Gasteiger partial charge in [-0.15, -0.1) is 12.6 Å². The van der Waals surface area contributed by atoms with Crippen molar-refractivity contribution >= 4 is 52.7 Å². The van der Waals surface area contributed by atoms with Gasteiger partial charge >= 0.3 is 0 Å². The fourth-order valence-electron chi connectivity index (χ4n) is 4.27. The lowest BCUT2D eigenvalue weighted by atomic mass is 10.1. The van der Waals surface area contributed by atoms with Gasteiger partial charge in [-0.2, -0.15) is 0 Å². The number of carbonyl (C=O) groups excluding carboxylic acids is 3. The van der Waals surface area contributed by atoms with Gasteiger partial charge in [0, 0.05) is 59.9 Å². The number of benzene rings is 2. The summed E-state index contributed by atoms with van der Waals surface area (Å²) in [7, 11) is 0. The number of fused-ring (bicyclic) bond motifs is 1. The second-order valence-corrected chi connectivity index (χ2v) is 9.11. The van der Waals surface area contributed by atoms with E-state index in [-0.39, 0.29) is 24.6 Å². The van der Waals surface area contributed by atoms with E-state index in [9.17, 15) is 14.4 Å². The van der Waals surface area contributed by atoms with Gasteiger partial charge in [0.05, 0.1) is 21.8 Å². The molecule has 7 nitrogen and oxygen atoms in total. The third-order valence-electron chi connectivity index (χ3n) is 6.14. The molecule has 0 saturated carbocycles. The minimum Gasteiger partial charge on any atom is -0.360 e. The predicted octanol–water partition coefficient (Wildman–Crippen LogP) is 4.34. The highest BCUT2D eigenvalue weighted by Crippen LogP contribution is 2.28. The van der Waals surface area contributed by atoms with Crippen LogP contribution in [0.25, 0.3) is 22.2 Å². The first-order chi connectivity index (χ1) is 16.9. The number of pyridine rings is 1. The van der Waals surface area contributed by atoms with Crippen LogP contribution in [0.3, 0.4) is 0 Å². The SMILES string of the molecule is O=C(C(=O)N1CCN(C(=O)c2ccc(-c3ccccn3)cc2S)CC1)c1c[nH]c2cccc(Cl)c12. The number of Topliss-reactive ketones (excluding diaryl/α,β-unsaturated/α-hetero) is 1. The highest BCUT2D eigenvalue weighted by atomic mass is 35.5. The number of piperazine rings is 1. The first-order valence-electron chi connectivity index (χ1n) is 11.1. The maximum atomic E-state index is 13.1. The molecule has 0 atom stereocenters. The van der Waals surface area contributed by atoms with E-state index in [1.54, 1.807) is 35.4 Å². The van der Waals surface area contributed by atoms with Crippen LogP contribution >= 0.6 is 24.2 Å². The van der Waals surface area contributed by atoms with Crippen LogP contribution in [-0.2, 0) is 4.79 Å². The molecule has 1 fully saturated rings. The summed E-state index contributed by atoms with van der Waals surface area (Å²) in [4.78, 5) is 50.0. The molecule has 4 aromatic rings. The molecule has 1 saturated heterocycles. The Bertz CT molecular complexity index is 1450. The zero-order chi connectivity index (χ0) is 24.5. The molecule has 2 aromatic carbocycles. The van der Waals surface area contributed by atoms with E-state index in [2.05, 4.69) is 22.6 Å². The number of thiol groups is 1. The van der Waals surface area contributed by atoms with Crippen LogP contribution in [0.1, 0.15) is 20.7 Å². The van der Waals surface area contributed by atoms with Crippen molar-refractivity contribution in [2.24, 2.45) is 0 Å². The first kappa shape index (κ1) is 23.1. The van der Waals surface area contributed by atoms with Crippen LogP contribution in [0, 0.1) is 0 Å². The lowest BCUT2D eigenvalue weighted by Gasteiger charge is -2.34. The number of nitrogens with zero attached hydrogens (tertiary/aromatic N) is 3. The van der Waals surface area contributed by atoms with Crippen molar-refractivity contribution in [3.63, 3.8) is 0 Å². The Balaban J connectivity index is 1.26. The number of aromatic nitrogens is 2. The fraction of sp³-hybridized carbons (Fsp3) is 0.154. The third kappa shape index (κ3) is 4.42. The van der Waals surface area contributed by atoms with Crippen molar-refractivity contribution in [1.82, 2.24) is 19.8 Å². The Morgan fingerprint density at radius 3 is 2.40 bits per heavy atom. The highest BCUT2D eigenvalue weighted by Gasteiger charge is 2.30. The van der Waals surface area contributed by atoms with Crippen LogP contribution in [-0.4, -0.2) is 63.5 Å². The van der Waals surface area contributed by atoms with E-state index >= 15 is 0 Å². The van der Waals surface area contributed by atoms with Crippen molar-refractivity contribution in [3.05, 3.63) is 83.1 Å². The molecule has 2 aromatic heterocycles. The summed E-state index contributed by atoms with van der Waals surface area (Å²) in [6.45, 7) is 1.17. The summed E-state index contributed by atoms with van der Waals surface area (Å²) in [5.41, 5.74) is 3.10. The van der Waals surface area contributed by atoms with Gasteiger partial charge in [-0.25, -0.2) is 0 Å². The smallest absolute Gasteiger partial charge is 0.295 e. The van der Waals surface area contributed by atoms with Crippen molar-refractivity contribution in [2.45, 2.75) is 4.90 Å². The Morgan fingerprint density at radius 2 is 1.69 bits per heavy atom. The van der Waals surface area contributed by atoms with Crippen LogP contribution < -0.4 is 0 Å². The zero-order valence-corrected chi connectivity index (χ0v) is 20.2. The molecule has 0 aliphatic carbocycles. The van der Waals surface area contributed by atoms with Gasteiger partial charge in [0.2, 0.25) is 0 Å². The van der Waals surface area contributed by atoms with Crippen molar-refractivity contribution in [3.8, 4) is 11.3 Å². The van der Waals surface area contributed by atoms with Gasteiger partial charge in [-0.1, -0.05) is 29.8 Å². The van der Waals surface area contributed by atoms with Gasteiger partial charge < -0.3 is 14.8 Å². The van der Waals surface area contributed by atoms with Gasteiger partial charge in [0.25, 0.3) is 17.6 Å². The summed E-state index contributed by atoms with van der Waals surface area (Å²) < 4.78 is 0. The number of nitrogens with one attached hydrogen (secondary N) is 1. The fourth-order valence-corrected chi connectivity index (χ4v) is 4.85. The van der Waals surface area contributed by atoms with Crippen LogP contribution in [0.15, 0.2) is 71.9 Å². The molecule has 2 amide bonds. The second-order valence-electron chi connectivity index (χ2n) is 8.23. The van der Waals surface area contributed by atoms with Crippen LogP contribution in [0.2, 0.25) is 5.02 Å². The number of halogens is 1. The highest BCUT2D eigenvalue weighted by molar-refractivity contribution is 7.80. The molecular weight excluding hydrogens is 484 g/mol. The molecule has 1 N–H and O–H groups in total. The normalized spacial score (nSPS) is 13.8. The molecule has 3 heterocycles. The van der Waals surface area contributed by atoms with Crippen LogP contribution in [0.4, 0.5) is 0 Å². The number of carbonyl (C=O) groups is 3. The van der Waals surface area contributed by atoms with E-state index in [0.717, 1.165) is 11.3 Å². The Labute approximate surface area is 212 Å². The molecule has 5 rings (SSSR count). The summed E-state index contributed by atoms with van der Waals surface area (Å²) in [5, 5.41) is 0.948. The summed E-state index contributed by atoms with van der Waals surface area (Å²) >= 11 is 10.8. The van der Waals surface area contributed by atoms with Gasteiger partial charge in [0.15, 0.2) is 0 Å². The maximum Gasteiger partial charge on any atom is 0.295 e. The van der Waals surface area contributed by atoms with E-state index in [1.807, 2.05) is 30.3 Å². The average Bonchev–Trinajstić information content (AvgIpc) is 3.33. The number of ketones is 1. The standard InChI is InChI=1S/C26H21ClN4O3S/c27-19-4-3-6-21-23(19)18(15-29-21)24(32)26(34)31-12-10-30(11-13-31)25(33)17-8-7-16(14-22(17)35)20-5-1-2-9-28-20/h1-9,14-15,29,35H,10-13H2. The Kier molecular flexibility index (Phi) is 6.32. The van der Waals surface area contributed by atoms with Crippen LogP contribution in [0.5, 0.6) is 0 Å². The summed E-state index contributed by atoms with van der Waals surface area (Å²) in [6.07, 6.45) is 3.23. The molecule has 35 heavy (non-hydrogen) atoms. The van der Waals surface area contributed by atoms with Gasteiger partial charge in [-0.05, 0) is 36.4 Å². The van der Waals surface area contributed by atoms with Crippen molar-refractivity contribution in [2.75, 3.05) is 26.2 Å². The predicted molar refractivity (Wildman–Crippen MR) is 137 cm³/mol. The number of amides is 2. The zero-order valence-electron chi connectivity index (χ0n) is 18.6. The number of rotatable bonds is 4. The molecule has 9 heteroatoms. The maximum absolute atomic E-state index is 13.1. The minimum absolute atomic E-state index is 0.163. The molecule has 0 spiro atoms. The largest absolute Gasteiger partial charge is 0.360 e. The van der Waals surface area contributed by atoms with Crippen molar-refractivity contribution < 1.29 is 14.4 Å². The average molecular weight is 505 g/mol.